The van der Waals surface area contributed by atoms with Gasteiger partial charge in [-0.25, -0.2) is 4.79 Å². The maximum absolute atomic E-state index is 11.7. The molecule has 0 fully saturated rings. The number of carboxylic acid groups (broad SMARTS) is 1. The zero-order valence-corrected chi connectivity index (χ0v) is 19.3. The van der Waals surface area contributed by atoms with Crippen LogP contribution in [0.4, 0.5) is 0 Å². The molecule has 0 aliphatic carbocycles. The fourth-order valence-electron chi connectivity index (χ4n) is 2.84. The minimum absolute atomic E-state index is 0.00489. The topological polar surface area (TPSA) is 143 Å². The molecule has 2 rings (SSSR count). The van der Waals surface area contributed by atoms with E-state index in [4.69, 9.17) is 24.1 Å². The van der Waals surface area contributed by atoms with Crippen molar-refractivity contribution in [2.75, 3.05) is 0 Å². The van der Waals surface area contributed by atoms with Gasteiger partial charge in [0.1, 0.15) is 0 Å². The van der Waals surface area contributed by atoms with E-state index in [0.29, 0.717) is 11.1 Å². The SMILES string of the molecule is CC(=O)Oc1ccc(/C=C/c2c(/C=C/C(=O)O)ccc(OC(C)=O)c2OC(C)=O)cc1OC(C)=O. The van der Waals surface area contributed by atoms with Crippen LogP contribution in [0, 0.1) is 0 Å². The second-order valence-corrected chi connectivity index (χ2v) is 6.98. The van der Waals surface area contributed by atoms with Crippen molar-refractivity contribution < 1.29 is 48.0 Å². The molecule has 0 bridgehead atoms. The molecule has 0 atom stereocenters. The maximum atomic E-state index is 11.7. The largest absolute Gasteiger partial charge is 0.478 e. The first-order valence-electron chi connectivity index (χ1n) is 10.1. The molecule has 0 spiro atoms. The van der Waals surface area contributed by atoms with Crippen molar-refractivity contribution in [3.8, 4) is 23.0 Å². The van der Waals surface area contributed by atoms with Crippen LogP contribution in [0.3, 0.4) is 0 Å². The lowest BCUT2D eigenvalue weighted by Crippen LogP contribution is -2.09. The maximum Gasteiger partial charge on any atom is 0.328 e. The summed E-state index contributed by atoms with van der Waals surface area (Å²) in [5, 5.41) is 9.02. The number of benzene rings is 2. The zero-order valence-electron chi connectivity index (χ0n) is 19.3. The van der Waals surface area contributed by atoms with Crippen LogP contribution in [0.1, 0.15) is 44.4 Å². The Morgan fingerprint density at radius 3 is 1.77 bits per heavy atom. The van der Waals surface area contributed by atoms with E-state index in [1.165, 1.54) is 57.2 Å². The molecule has 0 amide bonds. The van der Waals surface area contributed by atoms with E-state index in [-0.39, 0.29) is 28.6 Å². The van der Waals surface area contributed by atoms with Crippen LogP contribution in [0.5, 0.6) is 23.0 Å². The fraction of sp³-hybridized carbons (Fsp3) is 0.160. The number of carbonyl (C=O) groups excluding carboxylic acids is 4. The van der Waals surface area contributed by atoms with Crippen LogP contribution in [0.15, 0.2) is 36.4 Å². The van der Waals surface area contributed by atoms with Gasteiger partial charge in [0.05, 0.1) is 0 Å². The molecule has 0 radical (unpaired) electrons. The van der Waals surface area contributed by atoms with Crippen molar-refractivity contribution in [3.05, 3.63) is 53.1 Å². The number of aliphatic carboxylic acids is 1. The van der Waals surface area contributed by atoms with Crippen LogP contribution in [0.25, 0.3) is 18.2 Å². The quantitative estimate of drug-likeness (QED) is 0.256. The molecule has 182 valence electrons. The molecule has 10 heteroatoms. The van der Waals surface area contributed by atoms with E-state index in [1.54, 1.807) is 12.1 Å². The number of carboxylic acids is 1. The third kappa shape index (κ3) is 8.28. The highest BCUT2D eigenvalue weighted by atomic mass is 16.6. The standard InChI is InChI=1S/C25H22O10/c1-14(26)32-21-10-6-18(13-23(21)34-16(3)28)5-9-20-19(8-12-24(30)31)7-11-22(33-15(2)27)25(20)35-17(4)29/h5-13H,1-4H3,(H,30,31)/b9-5+,12-8+. The molecular weight excluding hydrogens is 460 g/mol. The smallest absolute Gasteiger partial charge is 0.328 e. The van der Waals surface area contributed by atoms with Crippen molar-refractivity contribution in [1.29, 1.82) is 0 Å². The van der Waals surface area contributed by atoms with Crippen molar-refractivity contribution >= 4 is 48.1 Å². The predicted molar refractivity (Wildman–Crippen MR) is 124 cm³/mol. The van der Waals surface area contributed by atoms with Crippen LogP contribution in [-0.4, -0.2) is 35.0 Å². The van der Waals surface area contributed by atoms with Crippen LogP contribution >= 0.6 is 0 Å². The van der Waals surface area contributed by atoms with E-state index in [0.717, 1.165) is 13.0 Å². The first kappa shape index (κ1) is 26.5. The Balaban J connectivity index is 2.65. The number of rotatable bonds is 8. The average molecular weight is 482 g/mol. The summed E-state index contributed by atoms with van der Waals surface area (Å²) >= 11 is 0. The Labute approximate surface area is 200 Å². The first-order valence-corrected chi connectivity index (χ1v) is 10.1. The Bertz CT molecular complexity index is 1240. The number of hydrogen-bond acceptors (Lipinski definition) is 9. The molecule has 2 aromatic carbocycles. The summed E-state index contributed by atoms with van der Waals surface area (Å²) in [5.41, 5.74) is 1.05. The van der Waals surface area contributed by atoms with Gasteiger partial charge in [-0.2, -0.15) is 0 Å². The van der Waals surface area contributed by atoms with E-state index in [2.05, 4.69) is 0 Å². The summed E-state index contributed by atoms with van der Waals surface area (Å²) in [6.45, 7) is 4.72. The molecule has 1 N–H and O–H groups in total. The third-order valence-corrected chi connectivity index (χ3v) is 4.02. The van der Waals surface area contributed by atoms with Crippen LogP contribution < -0.4 is 18.9 Å². The van der Waals surface area contributed by atoms with Gasteiger partial charge >= 0.3 is 29.8 Å². The second kappa shape index (κ2) is 11.9. The molecule has 35 heavy (non-hydrogen) atoms. The third-order valence-electron chi connectivity index (χ3n) is 4.02. The van der Waals surface area contributed by atoms with Gasteiger partial charge in [0.2, 0.25) is 0 Å². The van der Waals surface area contributed by atoms with Crippen molar-refractivity contribution in [1.82, 2.24) is 0 Å². The normalized spacial score (nSPS) is 10.7. The number of carbonyl (C=O) groups is 5. The van der Waals surface area contributed by atoms with Crippen molar-refractivity contribution in [2.24, 2.45) is 0 Å². The molecule has 0 aliphatic rings. The molecule has 2 aromatic rings. The number of hydrogen-bond donors (Lipinski definition) is 1. The van der Waals surface area contributed by atoms with Crippen molar-refractivity contribution in [3.63, 3.8) is 0 Å². The number of ether oxygens (including phenoxy) is 4. The summed E-state index contributed by atoms with van der Waals surface area (Å²) in [6, 6.07) is 7.27. The minimum Gasteiger partial charge on any atom is -0.478 e. The molecule has 0 unspecified atom stereocenters. The van der Waals surface area contributed by atoms with Gasteiger partial charge in [-0.3, -0.25) is 19.2 Å². The lowest BCUT2D eigenvalue weighted by atomic mass is 10.0. The van der Waals surface area contributed by atoms with Gasteiger partial charge in [-0.05, 0) is 41.5 Å². The van der Waals surface area contributed by atoms with Gasteiger partial charge in [0.25, 0.3) is 0 Å². The summed E-state index contributed by atoms with van der Waals surface area (Å²) in [4.78, 5) is 57.1. The molecular formula is C25H22O10. The summed E-state index contributed by atoms with van der Waals surface area (Å²) in [5.74, 6) is -3.92. The first-order chi connectivity index (χ1) is 16.5. The van der Waals surface area contributed by atoms with Gasteiger partial charge in [-0.15, -0.1) is 0 Å². The Morgan fingerprint density at radius 1 is 0.657 bits per heavy atom. The van der Waals surface area contributed by atoms with Gasteiger partial charge in [0, 0.05) is 39.3 Å². The van der Waals surface area contributed by atoms with Gasteiger partial charge < -0.3 is 24.1 Å². The summed E-state index contributed by atoms with van der Waals surface area (Å²) in [7, 11) is 0. The summed E-state index contributed by atoms with van der Waals surface area (Å²) < 4.78 is 20.6. The average Bonchev–Trinajstić information content (AvgIpc) is 2.73. The zero-order chi connectivity index (χ0) is 26.1. The van der Waals surface area contributed by atoms with E-state index in [1.807, 2.05) is 0 Å². The van der Waals surface area contributed by atoms with Crippen molar-refractivity contribution in [2.45, 2.75) is 27.7 Å². The Morgan fingerprint density at radius 2 is 1.20 bits per heavy atom. The highest BCUT2D eigenvalue weighted by Gasteiger charge is 2.17. The van der Waals surface area contributed by atoms with E-state index < -0.39 is 29.8 Å². The fourth-order valence-corrected chi connectivity index (χ4v) is 2.84. The van der Waals surface area contributed by atoms with Crippen LogP contribution in [-0.2, 0) is 24.0 Å². The lowest BCUT2D eigenvalue weighted by molar-refractivity contribution is -0.134. The number of esters is 4. The summed E-state index contributed by atoms with van der Waals surface area (Å²) in [6.07, 6.45) is 5.21. The lowest BCUT2D eigenvalue weighted by Gasteiger charge is -2.14. The van der Waals surface area contributed by atoms with Crippen LogP contribution in [0.2, 0.25) is 0 Å². The predicted octanol–water partition coefficient (Wildman–Crippen LogP) is 3.66. The molecule has 0 saturated heterocycles. The molecule has 0 saturated carbocycles. The second-order valence-electron chi connectivity index (χ2n) is 6.98. The Hall–Kier alpha value is -4.73. The molecule has 0 heterocycles. The molecule has 0 aliphatic heterocycles. The monoisotopic (exact) mass is 482 g/mol. The minimum atomic E-state index is -1.20. The highest BCUT2D eigenvalue weighted by Crippen LogP contribution is 2.37. The van der Waals surface area contributed by atoms with E-state index in [9.17, 15) is 24.0 Å². The molecule has 10 nitrogen and oxygen atoms in total. The highest BCUT2D eigenvalue weighted by molar-refractivity contribution is 5.89. The van der Waals surface area contributed by atoms with Gasteiger partial charge in [0.15, 0.2) is 23.0 Å². The molecule has 0 aromatic heterocycles. The van der Waals surface area contributed by atoms with E-state index >= 15 is 0 Å². The van der Waals surface area contributed by atoms with Gasteiger partial charge in [-0.1, -0.05) is 18.2 Å². The Kier molecular flexibility index (Phi) is 9.04.